The van der Waals surface area contributed by atoms with Gasteiger partial charge in [-0.2, -0.15) is 0 Å². The first-order valence-electron chi connectivity index (χ1n) is 2.93. The number of nitrogens with zero attached hydrogens (tertiary/aromatic N) is 1. The number of hydrogen-bond acceptors (Lipinski definition) is 5. The van der Waals surface area contributed by atoms with Crippen molar-refractivity contribution in [2.45, 2.75) is 4.45 Å². The maximum atomic E-state index is 10.3. The van der Waals surface area contributed by atoms with Gasteiger partial charge in [-0.15, -0.1) is 0 Å². The van der Waals surface area contributed by atoms with Gasteiger partial charge in [-0.05, 0) is 0 Å². The molecule has 12 heavy (non-hydrogen) atoms. The van der Waals surface area contributed by atoms with Crippen molar-refractivity contribution in [3.63, 3.8) is 0 Å². The first kappa shape index (κ1) is 11.5. The van der Waals surface area contributed by atoms with Crippen LogP contribution in [0.5, 0.6) is 0 Å². The summed E-state index contributed by atoms with van der Waals surface area (Å²) in [5, 5.41) is 10.3. The molecule has 6 nitrogen and oxygen atoms in total. The standard InChI is InChI=1S/C4H6BrNO4.CH2O/c5-4(6(7)8)1-9-3-10-2-4;1-2/h1-3H2;1H2. The minimum atomic E-state index is -1.23. The van der Waals surface area contributed by atoms with Crippen molar-refractivity contribution in [1.29, 1.82) is 0 Å². The van der Waals surface area contributed by atoms with E-state index in [1.165, 1.54) is 0 Å². The van der Waals surface area contributed by atoms with Crippen LogP contribution in [0.25, 0.3) is 0 Å². The molecule has 0 aromatic rings. The van der Waals surface area contributed by atoms with Crippen molar-refractivity contribution < 1.29 is 19.2 Å². The Kier molecular flexibility index (Phi) is 4.95. The summed E-state index contributed by atoms with van der Waals surface area (Å²) in [5.41, 5.74) is 0. The van der Waals surface area contributed by atoms with Crippen LogP contribution in [0.1, 0.15) is 0 Å². The van der Waals surface area contributed by atoms with Crippen molar-refractivity contribution in [2.75, 3.05) is 20.0 Å². The molecule has 0 saturated carbocycles. The largest absolute Gasteiger partial charge is 0.347 e. The highest BCUT2D eigenvalue weighted by Gasteiger charge is 2.43. The van der Waals surface area contributed by atoms with Gasteiger partial charge in [-0.25, -0.2) is 0 Å². The molecule has 70 valence electrons. The molecule has 0 spiro atoms. The van der Waals surface area contributed by atoms with E-state index in [2.05, 4.69) is 15.9 Å². The van der Waals surface area contributed by atoms with Crippen LogP contribution in [0.15, 0.2) is 0 Å². The van der Waals surface area contributed by atoms with Gasteiger partial charge >= 0.3 is 4.45 Å². The molecule has 1 heterocycles. The van der Waals surface area contributed by atoms with E-state index in [9.17, 15) is 10.1 Å². The number of rotatable bonds is 1. The Morgan fingerprint density at radius 1 is 1.42 bits per heavy atom. The fraction of sp³-hybridized carbons (Fsp3) is 0.800. The van der Waals surface area contributed by atoms with E-state index in [0.717, 1.165) is 0 Å². The van der Waals surface area contributed by atoms with Gasteiger partial charge < -0.3 is 14.3 Å². The lowest BCUT2D eigenvalue weighted by Crippen LogP contribution is -2.45. The lowest BCUT2D eigenvalue weighted by atomic mass is 10.3. The van der Waals surface area contributed by atoms with Crippen molar-refractivity contribution >= 4 is 22.7 Å². The molecule has 0 aliphatic carbocycles. The second-order valence-electron chi connectivity index (χ2n) is 1.99. The van der Waals surface area contributed by atoms with Gasteiger partial charge in [0, 0.05) is 20.9 Å². The Balaban J connectivity index is 0.000000561. The van der Waals surface area contributed by atoms with Crippen LogP contribution in [0, 0.1) is 10.1 Å². The number of alkyl halides is 1. The van der Waals surface area contributed by atoms with E-state index in [-0.39, 0.29) is 20.0 Å². The maximum absolute atomic E-state index is 10.3. The molecule has 0 N–H and O–H groups in total. The SMILES string of the molecule is C=O.O=[N+]([O-])C1(Br)COCOC1. The normalized spacial score (nSPS) is 20.4. The van der Waals surface area contributed by atoms with Crippen molar-refractivity contribution in [2.24, 2.45) is 0 Å². The number of carbonyl (C=O) groups excluding carboxylic acids is 1. The highest BCUT2D eigenvalue weighted by Crippen LogP contribution is 2.22. The molecule has 0 amide bonds. The summed E-state index contributed by atoms with van der Waals surface area (Å²) in [5.74, 6) is 0. The van der Waals surface area contributed by atoms with Gasteiger partial charge in [0.2, 0.25) is 0 Å². The fourth-order valence-electron chi connectivity index (χ4n) is 0.602. The minimum Gasteiger partial charge on any atom is -0.347 e. The second kappa shape index (κ2) is 5.18. The molecule has 0 unspecified atom stereocenters. The molecule has 1 rings (SSSR count). The Morgan fingerprint density at radius 3 is 2.08 bits per heavy atom. The summed E-state index contributed by atoms with van der Waals surface area (Å²) >= 11 is 2.91. The zero-order valence-corrected chi connectivity index (χ0v) is 7.78. The Hall–Kier alpha value is -0.530. The number of nitro groups is 1. The molecule has 0 radical (unpaired) electrons. The lowest BCUT2D eigenvalue weighted by Gasteiger charge is -2.23. The molecule has 1 aliphatic heterocycles. The fourth-order valence-corrected chi connectivity index (χ4v) is 0.926. The molecule has 0 atom stereocenters. The summed E-state index contributed by atoms with van der Waals surface area (Å²) < 4.78 is 8.24. The van der Waals surface area contributed by atoms with Gasteiger partial charge in [0.05, 0.1) is 0 Å². The van der Waals surface area contributed by atoms with Crippen molar-refractivity contribution in [1.82, 2.24) is 0 Å². The van der Waals surface area contributed by atoms with Crippen LogP contribution in [0.2, 0.25) is 0 Å². The molecule has 0 aromatic heterocycles. The third kappa shape index (κ3) is 2.84. The van der Waals surface area contributed by atoms with Crippen LogP contribution in [0.3, 0.4) is 0 Å². The number of carbonyl (C=O) groups is 1. The van der Waals surface area contributed by atoms with Gasteiger partial charge in [0.15, 0.2) is 0 Å². The first-order chi connectivity index (χ1) is 5.65. The summed E-state index contributed by atoms with van der Waals surface area (Å²) in [6.07, 6.45) is 0. The van der Waals surface area contributed by atoms with Gasteiger partial charge in [-0.3, -0.25) is 10.1 Å². The van der Waals surface area contributed by atoms with E-state index in [0.29, 0.717) is 0 Å². The molecule has 0 aromatic carbocycles. The Bertz CT molecular complexity index is 158. The predicted octanol–water partition coefficient (Wildman–Crippen LogP) is 0.174. The van der Waals surface area contributed by atoms with Gasteiger partial charge in [-0.1, -0.05) is 0 Å². The van der Waals surface area contributed by atoms with Gasteiger partial charge in [0.1, 0.15) is 26.8 Å². The van der Waals surface area contributed by atoms with E-state index < -0.39 is 9.37 Å². The summed E-state index contributed by atoms with van der Waals surface area (Å²) in [7, 11) is 0. The van der Waals surface area contributed by atoms with Crippen LogP contribution in [0.4, 0.5) is 0 Å². The minimum absolute atomic E-state index is 0.0556. The summed E-state index contributed by atoms with van der Waals surface area (Å²) in [6.45, 7) is 2.25. The zero-order valence-electron chi connectivity index (χ0n) is 6.19. The molecule has 7 heteroatoms. The van der Waals surface area contributed by atoms with Gasteiger partial charge in [0.25, 0.3) is 0 Å². The molecule has 1 saturated heterocycles. The van der Waals surface area contributed by atoms with E-state index >= 15 is 0 Å². The third-order valence-electron chi connectivity index (χ3n) is 1.14. The molecular formula is C5H8BrNO5. The summed E-state index contributed by atoms with van der Waals surface area (Å²) in [6, 6.07) is 0. The molecule has 1 fully saturated rings. The number of ether oxygens (including phenoxy) is 2. The van der Waals surface area contributed by atoms with Crippen LogP contribution in [-0.4, -0.2) is 36.2 Å². The topological polar surface area (TPSA) is 78.7 Å². The highest BCUT2D eigenvalue weighted by atomic mass is 79.9. The highest BCUT2D eigenvalue weighted by molar-refractivity contribution is 9.10. The predicted molar refractivity (Wildman–Crippen MR) is 42.5 cm³/mol. The Labute approximate surface area is 77.1 Å². The summed E-state index contributed by atoms with van der Waals surface area (Å²) in [4.78, 5) is 17.8. The van der Waals surface area contributed by atoms with E-state index in [4.69, 9.17) is 14.3 Å². The average molecular weight is 242 g/mol. The van der Waals surface area contributed by atoms with Crippen LogP contribution < -0.4 is 0 Å². The van der Waals surface area contributed by atoms with E-state index in [1.54, 1.807) is 0 Å². The first-order valence-corrected chi connectivity index (χ1v) is 3.72. The average Bonchev–Trinajstić information content (AvgIpc) is 2.09. The molecule has 0 bridgehead atoms. The number of hydrogen-bond donors (Lipinski definition) is 0. The zero-order chi connectivity index (χ0) is 9.61. The smallest absolute Gasteiger partial charge is 0.320 e. The van der Waals surface area contributed by atoms with Crippen molar-refractivity contribution in [3.05, 3.63) is 10.1 Å². The van der Waals surface area contributed by atoms with Crippen LogP contribution >= 0.6 is 15.9 Å². The third-order valence-corrected chi connectivity index (χ3v) is 1.89. The number of halogens is 1. The maximum Gasteiger partial charge on any atom is 0.320 e. The lowest BCUT2D eigenvalue weighted by molar-refractivity contribution is -0.552. The molecular weight excluding hydrogens is 234 g/mol. The van der Waals surface area contributed by atoms with Crippen LogP contribution in [-0.2, 0) is 14.3 Å². The second-order valence-corrected chi connectivity index (χ2v) is 3.47. The van der Waals surface area contributed by atoms with E-state index in [1.807, 2.05) is 6.79 Å². The van der Waals surface area contributed by atoms with Crippen molar-refractivity contribution in [3.8, 4) is 0 Å². The quantitative estimate of drug-likeness (QED) is 0.283. The monoisotopic (exact) mass is 241 g/mol. The Morgan fingerprint density at radius 2 is 1.83 bits per heavy atom. The molecule has 1 aliphatic rings.